The molecule has 0 amide bonds. The van der Waals surface area contributed by atoms with E-state index in [0.717, 1.165) is 29.5 Å². The van der Waals surface area contributed by atoms with Crippen molar-refractivity contribution in [1.82, 2.24) is 5.32 Å². The van der Waals surface area contributed by atoms with Crippen molar-refractivity contribution >= 4 is 5.97 Å². The van der Waals surface area contributed by atoms with Crippen molar-refractivity contribution in [1.29, 1.82) is 0 Å². The first-order valence-electron chi connectivity index (χ1n) is 10.1. The van der Waals surface area contributed by atoms with E-state index in [4.69, 9.17) is 5.73 Å². The Balaban J connectivity index is 2.17. The second-order valence-electron chi connectivity index (χ2n) is 7.17. The minimum atomic E-state index is -0.853. The molecule has 0 saturated heterocycles. The standard InChI is InChI=1S/C25H28N2O2/c26-19-11-10-18-23(24(28)29)27-25(20-12-4-1-5-13-20,21-14-6-2-7-15-21)22-16-8-3-9-17-22/h1-9,12-17,23,27H,10-11,18-19,26H2,(H,28,29)/t23-/m0/s1. The summed E-state index contributed by atoms with van der Waals surface area (Å²) in [4.78, 5) is 12.2. The van der Waals surface area contributed by atoms with Crippen LogP contribution in [-0.4, -0.2) is 23.7 Å². The molecule has 150 valence electrons. The lowest BCUT2D eigenvalue weighted by Crippen LogP contribution is -2.52. The van der Waals surface area contributed by atoms with E-state index in [2.05, 4.69) is 5.32 Å². The van der Waals surface area contributed by atoms with Gasteiger partial charge in [0.25, 0.3) is 0 Å². The first-order valence-corrected chi connectivity index (χ1v) is 10.1. The fourth-order valence-corrected chi connectivity index (χ4v) is 3.83. The van der Waals surface area contributed by atoms with Crippen LogP contribution in [-0.2, 0) is 10.3 Å². The second kappa shape index (κ2) is 10.0. The molecule has 0 unspecified atom stereocenters. The van der Waals surface area contributed by atoms with Crippen LogP contribution in [0.1, 0.15) is 36.0 Å². The first-order chi connectivity index (χ1) is 14.2. The van der Waals surface area contributed by atoms with Gasteiger partial charge in [-0.05, 0) is 36.1 Å². The maximum atomic E-state index is 12.2. The maximum absolute atomic E-state index is 12.2. The summed E-state index contributed by atoms with van der Waals surface area (Å²) in [6.07, 6.45) is 2.08. The average molecular weight is 389 g/mol. The number of carbonyl (C=O) groups is 1. The lowest BCUT2D eigenvalue weighted by Gasteiger charge is -2.39. The number of nitrogens with one attached hydrogen (secondary N) is 1. The molecule has 3 aromatic rings. The van der Waals surface area contributed by atoms with E-state index in [1.54, 1.807) is 0 Å². The zero-order chi connectivity index (χ0) is 20.5. The van der Waals surface area contributed by atoms with Crippen LogP contribution in [0.3, 0.4) is 0 Å². The summed E-state index contributed by atoms with van der Waals surface area (Å²) in [6.45, 7) is 0.563. The Morgan fingerprint density at radius 2 is 1.21 bits per heavy atom. The average Bonchev–Trinajstić information content (AvgIpc) is 2.78. The highest BCUT2D eigenvalue weighted by atomic mass is 16.4. The number of rotatable bonds is 10. The Bertz CT molecular complexity index is 786. The third kappa shape index (κ3) is 4.73. The van der Waals surface area contributed by atoms with Crippen LogP contribution < -0.4 is 11.1 Å². The molecule has 0 aliphatic heterocycles. The van der Waals surface area contributed by atoms with Crippen LogP contribution in [0.5, 0.6) is 0 Å². The van der Waals surface area contributed by atoms with Crippen molar-refractivity contribution in [2.75, 3.05) is 6.54 Å². The number of hydrogen-bond donors (Lipinski definition) is 3. The van der Waals surface area contributed by atoms with Gasteiger partial charge in [0, 0.05) is 0 Å². The van der Waals surface area contributed by atoms with E-state index in [-0.39, 0.29) is 0 Å². The number of carboxylic acids is 1. The third-order valence-corrected chi connectivity index (χ3v) is 5.26. The van der Waals surface area contributed by atoms with Gasteiger partial charge in [-0.3, -0.25) is 10.1 Å². The molecule has 0 aliphatic carbocycles. The number of nitrogens with two attached hydrogens (primary N) is 1. The Kier molecular flexibility index (Phi) is 7.17. The van der Waals surface area contributed by atoms with Crippen molar-refractivity contribution < 1.29 is 9.90 Å². The van der Waals surface area contributed by atoms with Gasteiger partial charge in [0.1, 0.15) is 6.04 Å². The SMILES string of the molecule is NCCCC[C@H](NC(c1ccccc1)(c1ccccc1)c1ccccc1)C(=O)O. The van der Waals surface area contributed by atoms with Gasteiger partial charge in [-0.15, -0.1) is 0 Å². The van der Waals surface area contributed by atoms with Crippen LogP contribution in [0.4, 0.5) is 0 Å². The molecule has 0 fully saturated rings. The highest BCUT2D eigenvalue weighted by Gasteiger charge is 2.39. The van der Waals surface area contributed by atoms with Crippen LogP contribution in [0.2, 0.25) is 0 Å². The highest BCUT2D eigenvalue weighted by Crippen LogP contribution is 2.37. The Labute approximate surface area is 172 Å². The number of carboxylic acid groups (broad SMARTS) is 1. The molecule has 0 radical (unpaired) electrons. The fraction of sp³-hybridized carbons (Fsp3) is 0.240. The number of benzene rings is 3. The zero-order valence-electron chi connectivity index (χ0n) is 16.5. The predicted molar refractivity (Wildman–Crippen MR) is 117 cm³/mol. The Morgan fingerprint density at radius 1 is 0.793 bits per heavy atom. The third-order valence-electron chi connectivity index (χ3n) is 5.26. The van der Waals surface area contributed by atoms with Gasteiger partial charge in [-0.25, -0.2) is 0 Å². The summed E-state index contributed by atoms with van der Waals surface area (Å²) in [5.41, 5.74) is 7.85. The molecule has 0 heterocycles. The maximum Gasteiger partial charge on any atom is 0.320 e. The minimum absolute atomic E-state index is 0.515. The number of unbranched alkanes of at least 4 members (excludes halogenated alkanes) is 1. The molecule has 0 aromatic heterocycles. The summed E-state index contributed by atoms with van der Waals surface area (Å²) in [5, 5.41) is 13.5. The van der Waals surface area contributed by atoms with Crippen LogP contribution >= 0.6 is 0 Å². The monoisotopic (exact) mass is 388 g/mol. The predicted octanol–water partition coefficient (Wildman–Crippen LogP) is 4.15. The van der Waals surface area contributed by atoms with Crippen molar-refractivity contribution in [2.45, 2.75) is 30.8 Å². The molecule has 29 heavy (non-hydrogen) atoms. The Morgan fingerprint density at radius 3 is 1.55 bits per heavy atom. The normalized spacial score (nSPS) is 12.4. The first kappa shape index (κ1) is 20.8. The van der Waals surface area contributed by atoms with Crippen molar-refractivity contribution in [3.63, 3.8) is 0 Å². The van der Waals surface area contributed by atoms with Crippen molar-refractivity contribution in [2.24, 2.45) is 5.73 Å². The fourth-order valence-electron chi connectivity index (χ4n) is 3.83. The van der Waals surface area contributed by atoms with Crippen molar-refractivity contribution in [3.05, 3.63) is 108 Å². The number of aliphatic carboxylic acids is 1. The molecule has 4 nitrogen and oxygen atoms in total. The summed E-state index contributed by atoms with van der Waals surface area (Å²) in [5.74, 6) is -0.853. The Hall–Kier alpha value is -2.95. The second-order valence-corrected chi connectivity index (χ2v) is 7.17. The van der Waals surface area contributed by atoms with Gasteiger partial charge >= 0.3 is 5.97 Å². The summed E-state index contributed by atoms with van der Waals surface area (Å²) in [7, 11) is 0. The van der Waals surface area contributed by atoms with E-state index in [1.807, 2.05) is 91.0 Å². The summed E-state index contributed by atoms with van der Waals surface area (Å²) >= 11 is 0. The molecule has 0 saturated carbocycles. The topological polar surface area (TPSA) is 75.3 Å². The molecule has 3 aromatic carbocycles. The van der Waals surface area contributed by atoms with Gasteiger partial charge in [-0.1, -0.05) is 97.4 Å². The summed E-state index contributed by atoms with van der Waals surface area (Å²) < 4.78 is 0. The summed E-state index contributed by atoms with van der Waals surface area (Å²) in [6, 6.07) is 29.4. The van der Waals surface area contributed by atoms with E-state index >= 15 is 0 Å². The van der Waals surface area contributed by atoms with Gasteiger partial charge in [0.15, 0.2) is 0 Å². The lowest BCUT2D eigenvalue weighted by atomic mass is 9.76. The lowest BCUT2D eigenvalue weighted by molar-refractivity contribution is -0.140. The van der Waals surface area contributed by atoms with E-state index in [9.17, 15) is 9.90 Å². The molecular weight excluding hydrogens is 360 g/mol. The largest absolute Gasteiger partial charge is 0.480 e. The number of hydrogen-bond acceptors (Lipinski definition) is 3. The van der Waals surface area contributed by atoms with E-state index in [1.165, 1.54) is 0 Å². The van der Waals surface area contributed by atoms with Gasteiger partial charge in [-0.2, -0.15) is 0 Å². The van der Waals surface area contributed by atoms with Gasteiger partial charge < -0.3 is 10.8 Å². The van der Waals surface area contributed by atoms with Gasteiger partial charge in [0.05, 0.1) is 5.54 Å². The molecule has 0 bridgehead atoms. The quantitative estimate of drug-likeness (QED) is 0.360. The van der Waals surface area contributed by atoms with Crippen LogP contribution in [0.25, 0.3) is 0 Å². The molecule has 3 rings (SSSR count). The molecule has 0 aliphatic rings. The molecular formula is C25H28N2O2. The van der Waals surface area contributed by atoms with Crippen molar-refractivity contribution in [3.8, 4) is 0 Å². The molecule has 0 spiro atoms. The minimum Gasteiger partial charge on any atom is -0.480 e. The molecule has 4 N–H and O–H groups in total. The smallest absolute Gasteiger partial charge is 0.320 e. The highest BCUT2D eigenvalue weighted by molar-refractivity contribution is 5.74. The van der Waals surface area contributed by atoms with E-state index < -0.39 is 17.6 Å². The van der Waals surface area contributed by atoms with Crippen LogP contribution in [0, 0.1) is 0 Å². The molecule has 4 heteroatoms. The zero-order valence-corrected chi connectivity index (χ0v) is 16.5. The molecule has 1 atom stereocenters. The van der Waals surface area contributed by atoms with Crippen LogP contribution in [0.15, 0.2) is 91.0 Å². The van der Waals surface area contributed by atoms with E-state index in [0.29, 0.717) is 13.0 Å². The van der Waals surface area contributed by atoms with Gasteiger partial charge in [0.2, 0.25) is 0 Å².